The predicted octanol–water partition coefficient (Wildman–Crippen LogP) is 4.32. The number of benzene rings is 2. The van der Waals surface area contributed by atoms with Gasteiger partial charge in [-0.2, -0.15) is 0 Å². The minimum atomic E-state index is -4.05. The number of nitrogens with zero attached hydrogens (tertiary/aromatic N) is 1. The third-order valence-corrected chi connectivity index (χ3v) is 7.59. The SMILES string of the molecule is Cc1ccc(NC(=O)Cn2c(C)cc(C)c(S(=O)(=O)c3ccc(Br)cc3)c2=O)cc1C. The molecule has 8 heteroatoms. The van der Waals surface area contributed by atoms with E-state index in [-0.39, 0.29) is 16.3 Å². The number of rotatable bonds is 5. The number of carbonyl (C=O) groups excluding carboxylic acids is 1. The van der Waals surface area contributed by atoms with Crippen molar-refractivity contribution < 1.29 is 13.2 Å². The Hall–Kier alpha value is -2.71. The smallest absolute Gasteiger partial charge is 0.270 e. The maximum Gasteiger partial charge on any atom is 0.270 e. The van der Waals surface area contributed by atoms with Crippen molar-refractivity contribution in [2.45, 2.75) is 44.0 Å². The van der Waals surface area contributed by atoms with Crippen LogP contribution in [-0.4, -0.2) is 18.9 Å². The molecule has 1 N–H and O–H groups in total. The number of aromatic nitrogens is 1. The average molecular weight is 503 g/mol. The highest BCUT2D eigenvalue weighted by Gasteiger charge is 2.26. The standard InChI is InChI=1S/C23H23BrN2O4S/c1-14-5-8-19(12-15(14)2)25-21(27)13-26-17(4)11-16(3)22(23(26)28)31(29,30)20-9-6-18(24)7-10-20/h5-12H,13H2,1-4H3,(H,25,27). The molecule has 0 saturated heterocycles. The van der Waals surface area contributed by atoms with Crippen LogP contribution in [-0.2, 0) is 21.2 Å². The quantitative estimate of drug-likeness (QED) is 0.562. The number of hydrogen-bond acceptors (Lipinski definition) is 4. The van der Waals surface area contributed by atoms with Gasteiger partial charge in [-0.1, -0.05) is 22.0 Å². The monoisotopic (exact) mass is 502 g/mol. The third kappa shape index (κ3) is 4.80. The average Bonchev–Trinajstić information content (AvgIpc) is 2.68. The molecule has 31 heavy (non-hydrogen) atoms. The largest absolute Gasteiger partial charge is 0.325 e. The molecule has 0 spiro atoms. The van der Waals surface area contributed by atoms with E-state index in [1.54, 1.807) is 38.1 Å². The summed E-state index contributed by atoms with van der Waals surface area (Å²) >= 11 is 3.28. The van der Waals surface area contributed by atoms with Crippen LogP contribution in [0.5, 0.6) is 0 Å². The topological polar surface area (TPSA) is 85.2 Å². The normalized spacial score (nSPS) is 11.4. The van der Waals surface area contributed by atoms with Crippen LogP contribution < -0.4 is 10.9 Å². The minimum Gasteiger partial charge on any atom is -0.325 e. The molecule has 0 aliphatic heterocycles. The first-order valence-corrected chi connectivity index (χ1v) is 11.9. The fourth-order valence-corrected chi connectivity index (χ4v) is 5.14. The summed E-state index contributed by atoms with van der Waals surface area (Å²) in [6.07, 6.45) is 0. The molecular formula is C23H23BrN2O4S. The zero-order valence-corrected chi connectivity index (χ0v) is 20.1. The number of sulfone groups is 1. The van der Waals surface area contributed by atoms with Crippen molar-refractivity contribution >= 4 is 37.4 Å². The Bertz CT molecular complexity index is 1330. The molecule has 0 bridgehead atoms. The number of pyridine rings is 1. The summed E-state index contributed by atoms with van der Waals surface area (Å²) in [5.41, 5.74) is 2.89. The van der Waals surface area contributed by atoms with E-state index in [0.717, 1.165) is 15.6 Å². The van der Waals surface area contributed by atoms with Gasteiger partial charge in [-0.05, 0) is 86.8 Å². The molecule has 0 fully saturated rings. The molecule has 6 nitrogen and oxygen atoms in total. The van der Waals surface area contributed by atoms with Crippen LogP contribution >= 0.6 is 15.9 Å². The first-order valence-electron chi connectivity index (χ1n) is 9.59. The first-order chi connectivity index (χ1) is 14.5. The van der Waals surface area contributed by atoms with Crippen LogP contribution in [0.1, 0.15) is 22.4 Å². The van der Waals surface area contributed by atoms with Gasteiger partial charge >= 0.3 is 0 Å². The van der Waals surface area contributed by atoms with Gasteiger partial charge in [0, 0.05) is 15.9 Å². The van der Waals surface area contributed by atoms with Crippen LogP contribution in [0.4, 0.5) is 5.69 Å². The van der Waals surface area contributed by atoms with E-state index in [4.69, 9.17) is 0 Å². The Labute approximate surface area is 190 Å². The van der Waals surface area contributed by atoms with Gasteiger partial charge < -0.3 is 9.88 Å². The first kappa shape index (κ1) is 23.0. The van der Waals surface area contributed by atoms with Crippen molar-refractivity contribution in [2.75, 3.05) is 5.32 Å². The highest BCUT2D eigenvalue weighted by molar-refractivity contribution is 9.10. The van der Waals surface area contributed by atoms with E-state index in [2.05, 4.69) is 21.2 Å². The Morgan fingerprint density at radius 3 is 2.19 bits per heavy atom. The summed E-state index contributed by atoms with van der Waals surface area (Å²) in [5.74, 6) is -0.413. The summed E-state index contributed by atoms with van der Waals surface area (Å²) in [7, 11) is -4.05. The molecule has 3 aromatic rings. The van der Waals surface area contributed by atoms with Crippen molar-refractivity contribution in [1.82, 2.24) is 4.57 Å². The summed E-state index contributed by atoms with van der Waals surface area (Å²) < 4.78 is 28.3. The number of aryl methyl sites for hydroxylation is 4. The van der Waals surface area contributed by atoms with Crippen molar-refractivity contribution in [3.05, 3.63) is 85.7 Å². The van der Waals surface area contributed by atoms with E-state index < -0.39 is 21.3 Å². The van der Waals surface area contributed by atoms with E-state index in [0.29, 0.717) is 16.9 Å². The molecule has 2 aromatic carbocycles. The fourth-order valence-electron chi connectivity index (χ4n) is 3.33. The Kier molecular flexibility index (Phi) is 6.52. The molecule has 162 valence electrons. The van der Waals surface area contributed by atoms with Crippen LogP contribution in [0.2, 0.25) is 0 Å². The second kappa shape index (κ2) is 8.80. The molecular weight excluding hydrogens is 480 g/mol. The maximum absolute atomic E-state index is 13.2. The van der Waals surface area contributed by atoms with Crippen molar-refractivity contribution in [1.29, 1.82) is 0 Å². The Balaban J connectivity index is 1.98. The molecule has 1 aromatic heterocycles. The third-order valence-electron chi connectivity index (χ3n) is 5.13. The summed E-state index contributed by atoms with van der Waals surface area (Å²) in [6.45, 7) is 6.89. The van der Waals surface area contributed by atoms with Crippen LogP contribution in [0, 0.1) is 27.7 Å². The number of carbonyl (C=O) groups is 1. The number of anilines is 1. The summed E-state index contributed by atoms with van der Waals surface area (Å²) in [6, 6.07) is 13.2. The number of nitrogens with one attached hydrogen (secondary N) is 1. The Morgan fingerprint density at radius 1 is 0.935 bits per heavy atom. The Morgan fingerprint density at radius 2 is 1.58 bits per heavy atom. The maximum atomic E-state index is 13.2. The van der Waals surface area contributed by atoms with Gasteiger partial charge in [-0.25, -0.2) is 8.42 Å². The second-order valence-electron chi connectivity index (χ2n) is 7.49. The van der Waals surface area contributed by atoms with Gasteiger partial charge in [-0.15, -0.1) is 0 Å². The molecule has 0 atom stereocenters. The molecule has 0 aliphatic carbocycles. The van der Waals surface area contributed by atoms with Crippen LogP contribution in [0.25, 0.3) is 0 Å². The number of halogens is 1. The van der Waals surface area contributed by atoms with Gasteiger partial charge in [0.15, 0.2) is 0 Å². The lowest BCUT2D eigenvalue weighted by molar-refractivity contribution is -0.116. The van der Waals surface area contributed by atoms with Crippen molar-refractivity contribution in [2.24, 2.45) is 0 Å². The molecule has 0 unspecified atom stereocenters. The zero-order chi connectivity index (χ0) is 22.9. The fraction of sp³-hybridized carbons (Fsp3) is 0.217. The zero-order valence-electron chi connectivity index (χ0n) is 17.7. The molecule has 0 saturated carbocycles. The van der Waals surface area contributed by atoms with Crippen LogP contribution in [0.15, 0.2) is 67.6 Å². The second-order valence-corrected chi connectivity index (χ2v) is 10.3. The molecule has 3 rings (SSSR count). The van der Waals surface area contributed by atoms with Crippen molar-refractivity contribution in [3.8, 4) is 0 Å². The van der Waals surface area contributed by atoms with Gasteiger partial charge in [0.25, 0.3) is 5.56 Å². The van der Waals surface area contributed by atoms with Gasteiger partial charge in [0.05, 0.1) is 4.90 Å². The van der Waals surface area contributed by atoms with Gasteiger partial charge in [0.1, 0.15) is 11.4 Å². The summed E-state index contributed by atoms with van der Waals surface area (Å²) in [4.78, 5) is 25.5. The predicted molar refractivity (Wildman–Crippen MR) is 124 cm³/mol. The van der Waals surface area contributed by atoms with E-state index >= 15 is 0 Å². The summed E-state index contributed by atoms with van der Waals surface area (Å²) in [5, 5.41) is 2.77. The van der Waals surface area contributed by atoms with E-state index in [9.17, 15) is 18.0 Å². The lowest BCUT2D eigenvalue weighted by atomic mass is 10.1. The van der Waals surface area contributed by atoms with Gasteiger partial charge in [-0.3, -0.25) is 9.59 Å². The number of hydrogen-bond donors (Lipinski definition) is 1. The molecule has 1 heterocycles. The highest BCUT2D eigenvalue weighted by atomic mass is 79.9. The molecule has 0 radical (unpaired) electrons. The van der Waals surface area contributed by atoms with Crippen LogP contribution in [0.3, 0.4) is 0 Å². The highest BCUT2D eigenvalue weighted by Crippen LogP contribution is 2.23. The van der Waals surface area contributed by atoms with E-state index in [1.165, 1.54) is 16.7 Å². The van der Waals surface area contributed by atoms with Crippen molar-refractivity contribution in [3.63, 3.8) is 0 Å². The molecule has 0 aliphatic rings. The molecule has 1 amide bonds. The van der Waals surface area contributed by atoms with E-state index in [1.807, 2.05) is 26.0 Å². The lowest BCUT2D eigenvalue weighted by Gasteiger charge is -2.15. The minimum absolute atomic E-state index is 0.0193. The number of amides is 1. The van der Waals surface area contributed by atoms with Gasteiger partial charge in [0.2, 0.25) is 15.7 Å². The lowest BCUT2D eigenvalue weighted by Crippen LogP contribution is -2.33.